The van der Waals surface area contributed by atoms with Gasteiger partial charge < -0.3 is 11.1 Å². The largest absolute Gasteiger partial charge is 0.324 e. The summed E-state index contributed by atoms with van der Waals surface area (Å²) < 4.78 is 0. The highest BCUT2D eigenvalue weighted by Crippen LogP contribution is 2.36. The van der Waals surface area contributed by atoms with Crippen LogP contribution in [0.4, 0.5) is 5.69 Å². The number of hydrogen-bond donors (Lipinski definition) is 2. The molecule has 106 valence electrons. The van der Waals surface area contributed by atoms with Crippen molar-refractivity contribution in [2.24, 2.45) is 11.1 Å². The van der Waals surface area contributed by atoms with Gasteiger partial charge in [-0.15, -0.1) is 0 Å². The number of nitrogens with two attached hydrogens (primary N) is 1. The molecule has 0 atom stereocenters. The molecule has 1 aromatic rings. The van der Waals surface area contributed by atoms with Crippen molar-refractivity contribution in [1.29, 1.82) is 0 Å². The van der Waals surface area contributed by atoms with E-state index >= 15 is 0 Å². The lowest BCUT2D eigenvalue weighted by Gasteiger charge is -2.32. The molecule has 1 fully saturated rings. The minimum absolute atomic E-state index is 0.110. The van der Waals surface area contributed by atoms with Gasteiger partial charge >= 0.3 is 0 Å². The highest BCUT2D eigenvalue weighted by atomic mass is 16.2. The lowest BCUT2D eigenvalue weighted by Crippen LogP contribution is -2.35. The molecule has 1 saturated carbocycles. The Balaban J connectivity index is 2.15. The third-order valence-electron chi connectivity index (χ3n) is 4.01. The SMILES string of the molecule is CC1(C(=O)Nc2ccccc2C#CCN)CCCCC1. The van der Waals surface area contributed by atoms with Crippen molar-refractivity contribution in [2.75, 3.05) is 11.9 Å². The Labute approximate surface area is 120 Å². The Hall–Kier alpha value is -1.79. The molecule has 3 nitrogen and oxygen atoms in total. The number of hydrogen-bond acceptors (Lipinski definition) is 2. The molecule has 1 amide bonds. The summed E-state index contributed by atoms with van der Waals surface area (Å²) in [6.07, 6.45) is 5.45. The van der Waals surface area contributed by atoms with Gasteiger partial charge in [0, 0.05) is 11.0 Å². The summed E-state index contributed by atoms with van der Waals surface area (Å²) in [6, 6.07) is 7.62. The van der Waals surface area contributed by atoms with Gasteiger partial charge in [0.15, 0.2) is 0 Å². The fourth-order valence-corrected chi connectivity index (χ4v) is 2.68. The normalized spacial score (nSPS) is 16.9. The zero-order valence-corrected chi connectivity index (χ0v) is 12.0. The molecule has 3 N–H and O–H groups in total. The van der Waals surface area contributed by atoms with Gasteiger partial charge in [0.25, 0.3) is 0 Å². The van der Waals surface area contributed by atoms with Gasteiger partial charge in [-0.1, -0.05) is 50.2 Å². The first kappa shape index (κ1) is 14.6. The van der Waals surface area contributed by atoms with Crippen LogP contribution in [0.1, 0.15) is 44.6 Å². The van der Waals surface area contributed by atoms with Crippen LogP contribution in [0.5, 0.6) is 0 Å². The zero-order valence-electron chi connectivity index (χ0n) is 12.0. The van der Waals surface area contributed by atoms with Crippen LogP contribution in [-0.2, 0) is 4.79 Å². The van der Waals surface area contributed by atoms with Crippen LogP contribution in [-0.4, -0.2) is 12.5 Å². The minimum atomic E-state index is -0.243. The quantitative estimate of drug-likeness (QED) is 0.812. The molecule has 1 aromatic carbocycles. The van der Waals surface area contributed by atoms with Crippen molar-refractivity contribution in [1.82, 2.24) is 0 Å². The fourth-order valence-electron chi connectivity index (χ4n) is 2.68. The summed E-state index contributed by atoms with van der Waals surface area (Å²) >= 11 is 0. The van der Waals surface area contributed by atoms with E-state index in [1.165, 1.54) is 6.42 Å². The van der Waals surface area contributed by atoms with Crippen molar-refractivity contribution in [3.63, 3.8) is 0 Å². The predicted octanol–water partition coefficient (Wildman–Crippen LogP) is 2.91. The van der Waals surface area contributed by atoms with Gasteiger partial charge in [-0.05, 0) is 25.0 Å². The summed E-state index contributed by atoms with van der Waals surface area (Å²) in [6.45, 7) is 2.38. The average molecular weight is 270 g/mol. The van der Waals surface area contributed by atoms with E-state index < -0.39 is 0 Å². The first-order valence-corrected chi connectivity index (χ1v) is 7.25. The van der Waals surface area contributed by atoms with Gasteiger partial charge in [-0.3, -0.25) is 4.79 Å². The second-order valence-corrected chi connectivity index (χ2v) is 5.63. The van der Waals surface area contributed by atoms with Crippen molar-refractivity contribution in [3.05, 3.63) is 29.8 Å². The first-order chi connectivity index (χ1) is 9.65. The molecule has 0 heterocycles. The lowest BCUT2D eigenvalue weighted by atomic mass is 9.75. The smallest absolute Gasteiger partial charge is 0.230 e. The van der Waals surface area contributed by atoms with Crippen molar-refractivity contribution < 1.29 is 4.79 Å². The number of carbonyl (C=O) groups excluding carboxylic acids is 1. The first-order valence-electron chi connectivity index (χ1n) is 7.25. The molecule has 0 unspecified atom stereocenters. The summed E-state index contributed by atoms with van der Waals surface area (Å²) in [5.74, 6) is 5.95. The van der Waals surface area contributed by atoms with E-state index in [0.717, 1.165) is 36.9 Å². The van der Waals surface area contributed by atoms with Crippen LogP contribution in [0.15, 0.2) is 24.3 Å². The summed E-state index contributed by atoms with van der Waals surface area (Å²) in [5.41, 5.74) is 6.77. The molecule has 20 heavy (non-hydrogen) atoms. The number of nitrogens with one attached hydrogen (secondary N) is 1. The Morgan fingerprint density at radius 1 is 1.30 bits per heavy atom. The molecule has 0 spiro atoms. The van der Waals surface area contributed by atoms with E-state index in [9.17, 15) is 4.79 Å². The minimum Gasteiger partial charge on any atom is -0.324 e. The molecule has 1 aliphatic rings. The number of rotatable bonds is 2. The summed E-state index contributed by atoms with van der Waals surface area (Å²) in [5, 5.41) is 3.05. The van der Waals surface area contributed by atoms with Crippen molar-refractivity contribution >= 4 is 11.6 Å². The number of benzene rings is 1. The fraction of sp³-hybridized carbons (Fsp3) is 0.471. The maximum absolute atomic E-state index is 12.5. The van der Waals surface area contributed by atoms with E-state index in [1.54, 1.807) is 0 Å². The number of anilines is 1. The Bertz CT molecular complexity index is 533. The van der Waals surface area contributed by atoms with Crippen LogP contribution in [0.2, 0.25) is 0 Å². The van der Waals surface area contributed by atoms with Gasteiger partial charge in [0.2, 0.25) is 5.91 Å². The lowest BCUT2D eigenvalue weighted by molar-refractivity contribution is -0.126. The van der Waals surface area contributed by atoms with Gasteiger partial charge in [0.1, 0.15) is 0 Å². The van der Waals surface area contributed by atoms with Crippen LogP contribution in [0.25, 0.3) is 0 Å². The van der Waals surface area contributed by atoms with Gasteiger partial charge in [-0.25, -0.2) is 0 Å². The number of carbonyl (C=O) groups is 1. The Morgan fingerprint density at radius 3 is 2.70 bits per heavy atom. The molecule has 3 heteroatoms. The second-order valence-electron chi connectivity index (χ2n) is 5.63. The molecule has 0 aliphatic heterocycles. The van der Waals surface area contributed by atoms with E-state index in [-0.39, 0.29) is 11.3 Å². The number of amides is 1. The van der Waals surface area contributed by atoms with Crippen LogP contribution >= 0.6 is 0 Å². The van der Waals surface area contributed by atoms with Crippen molar-refractivity contribution in [2.45, 2.75) is 39.0 Å². The molecule has 2 rings (SSSR count). The number of para-hydroxylation sites is 1. The molecule has 0 aromatic heterocycles. The summed E-state index contributed by atoms with van der Waals surface area (Å²) in [4.78, 5) is 12.5. The topological polar surface area (TPSA) is 55.1 Å². The molecular formula is C17H22N2O. The maximum Gasteiger partial charge on any atom is 0.230 e. The van der Waals surface area contributed by atoms with Crippen molar-refractivity contribution in [3.8, 4) is 11.8 Å². The van der Waals surface area contributed by atoms with Crippen LogP contribution in [0.3, 0.4) is 0 Å². The van der Waals surface area contributed by atoms with Gasteiger partial charge in [-0.2, -0.15) is 0 Å². The molecule has 0 radical (unpaired) electrons. The average Bonchev–Trinajstić information content (AvgIpc) is 2.47. The van der Waals surface area contributed by atoms with E-state index in [1.807, 2.05) is 24.3 Å². The van der Waals surface area contributed by atoms with E-state index in [4.69, 9.17) is 5.73 Å². The highest BCUT2D eigenvalue weighted by Gasteiger charge is 2.34. The van der Waals surface area contributed by atoms with Crippen LogP contribution in [0, 0.1) is 17.3 Å². The monoisotopic (exact) mass is 270 g/mol. The molecular weight excluding hydrogens is 248 g/mol. The van der Waals surface area contributed by atoms with E-state index in [0.29, 0.717) is 6.54 Å². The molecule has 0 bridgehead atoms. The summed E-state index contributed by atoms with van der Waals surface area (Å²) in [7, 11) is 0. The molecule has 0 saturated heterocycles. The third-order valence-corrected chi connectivity index (χ3v) is 4.01. The Morgan fingerprint density at radius 2 is 2.00 bits per heavy atom. The predicted molar refractivity (Wildman–Crippen MR) is 82.2 cm³/mol. The third kappa shape index (κ3) is 3.40. The van der Waals surface area contributed by atoms with E-state index in [2.05, 4.69) is 24.1 Å². The maximum atomic E-state index is 12.5. The molecule has 1 aliphatic carbocycles. The van der Waals surface area contributed by atoms with Crippen LogP contribution < -0.4 is 11.1 Å². The second kappa shape index (κ2) is 6.58. The standard InChI is InChI=1S/C17H22N2O/c1-17(11-5-2-6-12-17)16(20)19-15-10-4-3-8-14(15)9-7-13-18/h3-4,8,10H,2,5-6,11-13,18H2,1H3,(H,19,20). The zero-order chi connectivity index (χ0) is 14.4. The van der Waals surface area contributed by atoms with Gasteiger partial charge in [0.05, 0.1) is 12.2 Å². The Kier molecular flexibility index (Phi) is 4.81. The highest BCUT2D eigenvalue weighted by molar-refractivity contribution is 5.96.